The summed E-state index contributed by atoms with van der Waals surface area (Å²) in [6, 6.07) is 13.5. The first-order valence-corrected chi connectivity index (χ1v) is 8.60. The van der Waals surface area contributed by atoms with Crippen LogP contribution in [0.1, 0.15) is 27.7 Å². The first-order valence-electron chi connectivity index (χ1n) is 8.60. The lowest BCUT2D eigenvalue weighted by molar-refractivity contribution is 0.0717. The molecule has 2 aromatic carbocycles. The second-order valence-electron chi connectivity index (χ2n) is 6.29. The first kappa shape index (κ1) is 17.1. The van der Waals surface area contributed by atoms with Crippen LogP contribution in [0.3, 0.4) is 0 Å². The number of para-hydroxylation sites is 1. The fourth-order valence-electron chi connectivity index (χ4n) is 2.99. The van der Waals surface area contributed by atoms with Gasteiger partial charge in [-0.1, -0.05) is 18.2 Å². The van der Waals surface area contributed by atoms with Gasteiger partial charge in [0.25, 0.3) is 5.91 Å². The molecule has 0 atom stereocenters. The first-order chi connectivity index (χ1) is 13.1. The molecule has 0 unspecified atom stereocenters. The van der Waals surface area contributed by atoms with Crippen LogP contribution in [0.15, 0.2) is 52.9 Å². The van der Waals surface area contributed by atoms with Crippen molar-refractivity contribution in [2.24, 2.45) is 0 Å². The quantitative estimate of drug-likeness (QED) is 0.716. The molecule has 2 N–H and O–H groups in total. The third-order valence-electron chi connectivity index (χ3n) is 4.42. The molecule has 0 fully saturated rings. The average molecular weight is 367 g/mol. The fourth-order valence-corrected chi connectivity index (χ4v) is 2.99. The van der Waals surface area contributed by atoms with E-state index in [1.165, 1.54) is 12.1 Å². The molecule has 2 heterocycles. The highest BCUT2D eigenvalue weighted by atomic mass is 19.1. The Hall–Kier alpha value is -3.35. The number of benzene rings is 2. The zero-order valence-corrected chi connectivity index (χ0v) is 14.5. The van der Waals surface area contributed by atoms with E-state index in [9.17, 15) is 9.18 Å². The van der Waals surface area contributed by atoms with E-state index in [4.69, 9.17) is 14.9 Å². The molecular weight excluding hydrogens is 349 g/mol. The summed E-state index contributed by atoms with van der Waals surface area (Å²) < 4.78 is 25.0. The van der Waals surface area contributed by atoms with Crippen molar-refractivity contribution in [1.29, 1.82) is 0 Å². The van der Waals surface area contributed by atoms with E-state index >= 15 is 0 Å². The standard InChI is InChI=1S/C20H18FN3O3/c21-15-10-13(6-7-16(15)22)20(25)24-9-8-17-18(11-24)27-19(23-17)12-26-14-4-2-1-3-5-14/h1-7,10H,8-9,11-12,22H2. The molecule has 0 radical (unpaired) electrons. The van der Waals surface area contributed by atoms with Crippen LogP contribution in [-0.4, -0.2) is 22.3 Å². The van der Waals surface area contributed by atoms with Crippen LogP contribution < -0.4 is 10.5 Å². The van der Waals surface area contributed by atoms with Crippen molar-refractivity contribution in [2.75, 3.05) is 12.3 Å². The van der Waals surface area contributed by atoms with Crippen LogP contribution in [0.2, 0.25) is 0 Å². The highest BCUT2D eigenvalue weighted by Crippen LogP contribution is 2.23. The number of hydrogen-bond acceptors (Lipinski definition) is 5. The molecule has 0 aliphatic carbocycles. The molecule has 1 aliphatic rings. The molecule has 0 saturated heterocycles. The second kappa shape index (κ2) is 7.11. The van der Waals surface area contributed by atoms with E-state index in [2.05, 4.69) is 4.98 Å². The topological polar surface area (TPSA) is 81.6 Å². The second-order valence-corrected chi connectivity index (χ2v) is 6.29. The number of nitrogen functional groups attached to an aromatic ring is 1. The van der Waals surface area contributed by atoms with Crippen LogP contribution in [0.5, 0.6) is 5.75 Å². The third kappa shape index (κ3) is 3.62. The SMILES string of the molecule is Nc1ccc(C(=O)N2CCc3nc(COc4ccccc4)oc3C2)cc1F. The Bertz CT molecular complexity index is 972. The number of halogens is 1. The summed E-state index contributed by atoms with van der Waals surface area (Å²) in [5.74, 6) is 0.973. The van der Waals surface area contributed by atoms with Gasteiger partial charge in [-0.2, -0.15) is 0 Å². The lowest BCUT2D eigenvalue weighted by Crippen LogP contribution is -2.35. The number of carbonyl (C=O) groups excluding carboxylic acids is 1. The number of rotatable bonds is 4. The zero-order valence-electron chi connectivity index (χ0n) is 14.5. The van der Waals surface area contributed by atoms with Gasteiger partial charge in [0.2, 0.25) is 5.89 Å². The lowest BCUT2D eigenvalue weighted by atomic mass is 10.1. The number of ether oxygens (including phenoxy) is 1. The lowest BCUT2D eigenvalue weighted by Gasteiger charge is -2.25. The molecule has 1 aromatic heterocycles. The van der Waals surface area contributed by atoms with Crippen LogP contribution in [-0.2, 0) is 19.6 Å². The van der Waals surface area contributed by atoms with E-state index in [1.54, 1.807) is 4.90 Å². The number of oxazole rings is 1. The Labute approximate surface area is 155 Å². The average Bonchev–Trinajstić information content (AvgIpc) is 3.11. The molecule has 1 aliphatic heterocycles. The fraction of sp³-hybridized carbons (Fsp3) is 0.200. The summed E-state index contributed by atoms with van der Waals surface area (Å²) in [6.45, 7) is 0.996. The van der Waals surface area contributed by atoms with Gasteiger partial charge in [-0.05, 0) is 30.3 Å². The molecular formula is C20H18FN3O3. The predicted molar refractivity (Wildman–Crippen MR) is 96.5 cm³/mol. The molecule has 138 valence electrons. The number of hydrogen-bond donors (Lipinski definition) is 1. The summed E-state index contributed by atoms with van der Waals surface area (Å²) in [6.07, 6.45) is 0.577. The van der Waals surface area contributed by atoms with Crippen LogP contribution in [0, 0.1) is 5.82 Å². The van der Waals surface area contributed by atoms with E-state index in [1.807, 2.05) is 30.3 Å². The largest absolute Gasteiger partial charge is 0.484 e. The van der Waals surface area contributed by atoms with E-state index < -0.39 is 5.82 Å². The summed E-state index contributed by atoms with van der Waals surface area (Å²) >= 11 is 0. The Morgan fingerprint density at radius 1 is 1.26 bits per heavy atom. The number of nitrogens with zero attached hydrogens (tertiary/aromatic N) is 2. The minimum absolute atomic E-state index is 0.0192. The van der Waals surface area contributed by atoms with Crippen molar-refractivity contribution in [3.05, 3.63) is 77.3 Å². The number of carbonyl (C=O) groups is 1. The summed E-state index contributed by atoms with van der Waals surface area (Å²) in [5, 5.41) is 0. The van der Waals surface area contributed by atoms with Gasteiger partial charge in [0.1, 0.15) is 17.3 Å². The Balaban J connectivity index is 1.44. The maximum absolute atomic E-state index is 13.6. The van der Waals surface area contributed by atoms with Gasteiger partial charge in [-0.25, -0.2) is 9.37 Å². The van der Waals surface area contributed by atoms with Gasteiger partial charge in [0.15, 0.2) is 6.61 Å². The number of nitrogens with two attached hydrogens (primary N) is 1. The van der Waals surface area contributed by atoms with Crippen molar-refractivity contribution in [3.63, 3.8) is 0 Å². The van der Waals surface area contributed by atoms with Gasteiger partial charge in [-0.15, -0.1) is 0 Å². The molecule has 7 heteroatoms. The highest BCUT2D eigenvalue weighted by Gasteiger charge is 2.26. The third-order valence-corrected chi connectivity index (χ3v) is 4.42. The van der Waals surface area contributed by atoms with Crippen molar-refractivity contribution in [3.8, 4) is 5.75 Å². The monoisotopic (exact) mass is 367 g/mol. The molecule has 1 amide bonds. The Morgan fingerprint density at radius 2 is 2.07 bits per heavy atom. The minimum atomic E-state index is -0.599. The molecule has 0 bridgehead atoms. The molecule has 6 nitrogen and oxygen atoms in total. The van der Waals surface area contributed by atoms with Gasteiger partial charge in [-0.3, -0.25) is 4.79 Å². The van der Waals surface area contributed by atoms with Gasteiger partial charge >= 0.3 is 0 Å². The number of aromatic nitrogens is 1. The van der Waals surface area contributed by atoms with Crippen LogP contribution in [0.4, 0.5) is 10.1 Å². The molecule has 27 heavy (non-hydrogen) atoms. The Morgan fingerprint density at radius 3 is 2.85 bits per heavy atom. The summed E-state index contributed by atoms with van der Waals surface area (Å²) in [4.78, 5) is 18.7. The van der Waals surface area contributed by atoms with Crippen molar-refractivity contribution in [2.45, 2.75) is 19.6 Å². The number of anilines is 1. The predicted octanol–water partition coefficient (Wildman–Crippen LogP) is 3.17. The molecule has 3 aromatic rings. The van der Waals surface area contributed by atoms with E-state index in [0.717, 1.165) is 17.5 Å². The van der Waals surface area contributed by atoms with Crippen LogP contribution >= 0.6 is 0 Å². The summed E-state index contributed by atoms with van der Waals surface area (Å²) in [7, 11) is 0. The maximum Gasteiger partial charge on any atom is 0.254 e. The van der Waals surface area contributed by atoms with Crippen LogP contribution in [0.25, 0.3) is 0 Å². The van der Waals surface area contributed by atoms with Gasteiger partial charge < -0.3 is 19.8 Å². The minimum Gasteiger partial charge on any atom is -0.484 e. The van der Waals surface area contributed by atoms with Crippen molar-refractivity contribution < 1.29 is 18.3 Å². The van der Waals surface area contributed by atoms with Crippen molar-refractivity contribution in [1.82, 2.24) is 9.88 Å². The number of fused-ring (bicyclic) bond motifs is 1. The molecule has 0 saturated carbocycles. The van der Waals surface area contributed by atoms with Crippen molar-refractivity contribution >= 4 is 11.6 Å². The highest BCUT2D eigenvalue weighted by molar-refractivity contribution is 5.94. The Kier molecular flexibility index (Phi) is 4.50. The van der Waals surface area contributed by atoms with E-state index in [0.29, 0.717) is 31.2 Å². The van der Waals surface area contributed by atoms with Gasteiger partial charge in [0.05, 0.1) is 17.9 Å². The smallest absolute Gasteiger partial charge is 0.254 e. The molecule has 4 rings (SSSR count). The van der Waals surface area contributed by atoms with Gasteiger partial charge in [0, 0.05) is 18.5 Å². The normalized spacial score (nSPS) is 13.3. The zero-order chi connectivity index (χ0) is 18.8. The molecule has 0 spiro atoms. The number of amides is 1. The summed E-state index contributed by atoms with van der Waals surface area (Å²) in [5.41, 5.74) is 6.58. The maximum atomic E-state index is 13.6. The van der Waals surface area contributed by atoms with E-state index in [-0.39, 0.29) is 23.8 Å².